The van der Waals surface area contributed by atoms with Crippen LogP contribution in [0.15, 0.2) is 24.3 Å². The number of carbonyl (C=O) groups is 3. The zero-order chi connectivity index (χ0) is 15.8. The maximum absolute atomic E-state index is 11.7. The Hall–Kier alpha value is -2.77. The van der Waals surface area contributed by atoms with Crippen molar-refractivity contribution < 1.29 is 24.2 Å². The fourth-order valence-corrected chi connectivity index (χ4v) is 1.45. The van der Waals surface area contributed by atoms with E-state index in [1.807, 2.05) is 0 Å². The molecule has 3 amide bonds. The van der Waals surface area contributed by atoms with Crippen LogP contribution >= 0.6 is 0 Å². The van der Waals surface area contributed by atoms with Crippen LogP contribution in [0.2, 0.25) is 0 Å². The molecule has 0 aliphatic rings. The van der Waals surface area contributed by atoms with E-state index in [9.17, 15) is 14.4 Å². The molecule has 1 aromatic rings. The normalized spacial score (nSPS) is 11.1. The molecule has 0 aliphatic carbocycles. The number of amides is 3. The van der Waals surface area contributed by atoms with Crippen molar-refractivity contribution in [3.63, 3.8) is 0 Å². The standard InChI is InChI=1S/C13H17N3O5/c1-8(12(19)14-2)15-13(20)16-9-4-3-5-10(6-9)21-7-11(17)18/h3-6,8H,7H2,1-2H3,(H,14,19)(H,17,18)(H2,15,16,20). The van der Waals surface area contributed by atoms with Crippen molar-refractivity contribution in [2.75, 3.05) is 19.0 Å². The number of anilines is 1. The van der Waals surface area contributed by atoms with E-state index in [4.69, 9.17) is 9.84 Å². The number of likely N-dealkylation sites (N-methyl/N-ethyl adjacent to an activating group) is 1. The van der Waals surface area contributed by atoms with E-state index >= 15 is 0 Å². The highest BCUT2D eigenvalue weighted by atomic mass is 16.5. The number of carboxylic acids is 1. The summed E-state index contributed by atoms with van der Waals surface area (Å²) in [6, 6.07) is 5.03. The van der Waals surface area contributed by atoms with Gasteiger partial charge in [-0.25, -0.2) is 9.59 Å². The SMILES string of the molecule is CNC(=O)C(C)NC(=O)Nc1cccc(OCC(=O)O)c1. The molecule has 0 bridgehead atoms. The molecule has 0 saturated heterocycles. The molecule has 0 heterocycles. The predicted molar refractivity (Wildman–Crippen MR) is 75.3 cm³/mol. The second-order valence-electron chi connectivity index (χ2n) is 4.14. The van der Waals surface area contributed by atoms with Gasteiger partial charge in [-0.1, -0.05) is 6.07 Å². The molecule has 4 N–H and O–H groups in total. The topological polar surface area (TPSA) is 117 Å². The number of ether oxygens (including phenoxy) is 1. The van der Waals surface area contributed by atoms with E-state index in [1.54, 1.807) is 25.1 Å². The van der Waals surface area contributed by atoms with E-state index < -0.39 is 24.6 Å². The Morgan fingerprint density at radius 2 is 2.05 bits per heavy atom. The first kappa shape index (κ1) is 16.3. The van der Waals surface area contributed by atoms with Gasteiger partial charge in [0.25, 0.3) is 0 Å². The number of urea groups is 1. The van der Waals surface area contributed by atoms with E-state index in [1.165, 1.54) is 13.1 Å². The summed E-state index contributed by atoms with van der Waals surface area (Å²) in [6.07, 6.45) is 0. The van der Waals surface area contributed by atoms with Gasteiger partial charge in [-0.2, -0.15) is 0 Å². The van der Waals surface area contributed by atoms with Crippen molar-refractivity contribution in [2.24, 2.45) is 0 Å². The maximum atomic E-state index is 11.7. The third-order valence-electron chi connectivity index (χ3n) is 2.44. The van der Waals surface area contributed by atoms with Crippen LogP contribution in [0.5, 0.6) is 5.75 Å². The number of rotatable bonds is 6. The van der Waals surface area contributed by atoms with Crippen molar-refractivity contribution in [2.45, 2.75) is 13.0 Å². The summed E-state index contributed by atoms with van der Waals surface area (Å²) in [4.78, 5) is 33.4. The Morgan fingerprint density at radius 3 is 2.67 bits per heavy atom. The lowest BCUT2D eigenvalue weighted by Gasteiger charge is -2.13. The zero-order valence-electron chi connectivity index (χ0n) is 11.7. The number of aliphatic carboxylic acids is 1. The third-order valence-corrected chi connectivity index (χ3v) is 2.44. The maximum Gasteiger partial charge on any atom is 0.341 e. The Morgan fingerprint density at radius 1 is 1.33 bits per heavy atom. The van der Waals surface area contributed by atoms with Gasteiger partial charge in [0, 0.05) is 18.8 Å². The van der Waals surface area contributed by atoms with Gasteiger partial charge >= 0.3 is 12.0 Å². The molecule has 8 heteroatoms. The molecule has 8 nitrogen and oxygen atoms in total. The Bertz CT molecular complexity index is 532. The summed E-state index contributed by atoms with van der Waals surface area (Å²) >= 11 is 0. The smallest absolute Gasteiger partial charge is 0.341 e. The van der Waals surface area contributed by atoms with Gasteiger partial charge in [0.15, 0.2) is 6.61 Å². The number of benzene rings is 1. The highest BCUT2D eigenvalue weighted by Gasteiger charge is 2.13. The molecule has 0 saturated carbocycles. The van der Waals surface area contributed by atoms with Gasteiger partial charge in [-0.3, -0.25) is 4.79 Å². The van der Waals surface area contributed by atoms with E-state index in [2.05, 4.69) is 16.0 Å². The van der Waals surface area contributed by atoms with Crippen molar-refractivity contribution in [3.05, 3.63) is 24.3 Å². The van der Waals surface area contributed by atoms with Crippen LogP contribution in [0, 0.1) is 0 Å². The minimum absolute atomic E-state index is 0.314. The monoisotopic (exact) mass is 295 g/mol. The lowest BCUT2D eigenvalue weighted by Crippen LogP contribution is -2.45. The fourth-order valence-electron chi connectivity index (χ4n) is 1.45. The highest BCUT2D eigenvalue weighted by Crippen LogP contribution is 2.17. The Balaban J connectivity index is 2.58. The highest BCUT2D eigenvalue weighted by molar-refractivity contribution is 5.93. The van der Waals surface area contributed by atoms with Crippen LogP contribution in [0.3, 0.4) is 0 Å². The van der Waals surface area contributed by atoms with Gasteiger partial charge < -0.3 is 25.8 Å². The summed E-state index contributed by atoms with van der Waals surface area (Å²) in [5.74, 6) is -1.09. The van der Waals surface area contributed by atoms with Gasteiger partial charge in [0.05, 0.1) is 0 Å². The van der Waals surface area contributed by atoms with Gasteiger partial charge in [0.1, 0.15) is 11.8 Å². The largest absolute Gasteiger partial charge is 0.482 e. The summed E-state index contributed by atoms with van der Waals surface area (Å²) in [5, 5.41) is 15.9. The molecule has 0 aliphatic heterocycles. The van der Waals surface area contributed by atoms with Crippen molar-refractivity contribution in [3.8, 4) is 5.75 Å². The molecule has 0 spiro atoms. The quantitative estimate of drug-likeness (QED) is 0.606. The zero-order valence-corrected chi connectivity index (χ0v) is 11.7. The molecule has 1 aromatic carbocycles. The molecule has 0 aromatic heterocycles. The molecule has 114 valence electrons. The molecule has 0 radical (unpaired) electrons. The molecule has 1 rings (SSSR count). The summed E-state index contributed by atoms with van der Waals surface area (Å²) in [6.45, 7) is 1.08. The lowest BCUT2D eigenvalue weighted by molar-refractivity contribution is -0.139. The third kappa shape index (κ3) is 5.81. The Labute approximate surface area is 121 Å². The first-order valence-corrected chi connectivity index (χ1v) is 6.16. The first-order valence-electron chi connectivity index (χ1n) is 6.16. The van der Waals surface area contributed by atoms with Gasteiger partial charge in [-0.05, 0) is 19.1 Å². The molecule has 1 unspecified atom stereocenters. The van der Waals surface area contributed by atoms with Crippen LogP contribution in [-0.2, 0) is 9.59 Å². The minimum Gasteiger partial charge on any atom is -0.482 e. The van der Waals surface area contributed by atoms with Gasteiger partial charge in [-0.15, -0.1) is 0 Å². The lowest BCUT2D eigenvalue weighted by atomic mass is 10.3. The van der Waals surface area contributed by atoms with E-state index in [0.29, 0.717) is 11.4 Å². The van der Waals surface area contributed by atoms with Crippen LogP contribution < -0.4 is 20.7 Å². The number of hydrogen-bond acceptors (Lipinski definition) is 4. The number of carbonyl (C=O) groups excluding carboxylic acids is 2. The summed E-state index contributed by atoms with van der Waals surface area (Å²) in [7, 11) is 1.47. The van der Waals surface area contributed by atoms with Crippen LogP contribution in [0.4, 0.5) is 10.5 Å². The van der Waals surface area contributed by atoms with Gasteiger partial charge in [0.2, 0.25) is 5.91 Å². The number of hydrogen-bond donors (Lipinski definition) is 4. The summed E-state index contributed by atoms with van der Waals surface area (Å²) < 4.78 is 4.99. The minimum atomic E-state index is -1.09. The first-order chi connectivity index (χ1) is 9.92. The average molecular weight is 295 g/mol. The second kappa shape index (κ2) is 7.73. The molecule has 21 heavy (non-hydrogen) atoms. The molecule has 1 atom stereocenters. The molecular formula is C13H17N3O5. The fraction of sp³-hybridized carbons (Fsp3) is 0.308. The summed E-state index contributed by atoms with van der Waals surface area (Å²) in [5.41, 5.74) is 0.416. The van der Waals surface area contributed by atoms with Crippen molar-refractivity contribution in [1.29, 1.82) is 0 Å². The Kier molecular flexibility index (Phi) is 5.99. The number of nitrogens with one attached hydrogen (secondary N) is 3. The molecular weight excluding hydrogens is 278 g/mol. The van der Waals surface area contributed by atoms with Crippen LogP contribution in [0.25, 0.3) is 0 Å². The van der Waals surface area contributed by atoms with E-state index in [-0.39, 0.29) is 5.91 Å². The van der Waals surface area contributed by atoms with E-state index in [0.717, 1.165) is 0 Å². The molecule has 0 fully saturated rings. The average Bonchev–Trinajstić information content (AvgIpc) is 2.44. The second-order valence-corrected chi connectivity index (χ2v) is 4.14. The van der Waals surface area contributed by atoms with Crippen molar-refractivity contribution >= 4 is 23.6 Å². The van der Waals surface area contributed by atoms with Crippen LogP contribution in [0.1, 0.15) is 6.92 Å². The predicted octanol–water partition coefficient (Wildman–Crippen LogP) is 0.406. The number of carboxylic acid groups (broad SMARTS) is 1. The van der Waals surface area contributed by atoms with Crippen LogP contribution in [-0.4, -0.2) is 42.7 Å². The van der Waals surface area contributed by atoms with Crippen molar-refractivity contribution in [1.82, 2.24) is 10.6 Å².